The summed E-state index contributed by atoms with van der Waals surface area (Å²) in [5.74, 6) is 0.258. The third-order valence-corrected chi connectivity index (χ3v) is 4.79. The number of nitrogens with one attached hydrogen (secondary N) is 1. The summed E-state index contributed by atoms with van der Waals surface area (Å²) < 4.78 is 32.5. The number of aryl methyl sites for hydroxylation is 1. The Labute approximate surface area is 126 Å². The molecule has 0 unspecified atom stereocenters. The molecule has 7 heteroatoms. The summed E-state index contributed by atoms with van der Waals surface area (Å²) in [4.78, 5) is 0.0212. The molecular formula is C14H24N2O4S. The molecule has 6 nitrogen and oxygen atoms in total. The maximum Gasteiger partial charge on any atom is 0.244 e. The molecule has 0 radical (unpaired) electrons. The van der Waals surface area contributed by atoms with Crippen LogP contribution in [0.15, 0.2) is 17.0 Å². The van der Waals surface area contributed by atoms with Crippen LogP contribution in [0.4, 0.5) is 5.69 Å². The molecule has 0 saturated heterocycles. The third kappa shape index (κ3) is 4.59. The average molecular weight is 316 g/mol. The zero-order chi connectivity index (χ0) is 16.3. The molecule has 0 saturated carbocycles. The Kier molecular flexibility index (Phi) is 5.61. The molecule has 1 rings (SSSR count). The minimum absolute atomic E-state index is 0.00945. The van der Waals surface area contributed by atoms with Gasteiger partial charge in [-0.2, -0.15) is 0 Å². The number of benzene rings is 1. The van der Waals surface area contributed by atoms with Gasteiger partial charge in [0.15, 0.2) is 0 Å². The molecule has 0 aliphatic rings. The smallest absolute Gasteiger partial charge is 0.244 e. The Morgan fingerprint density at radius 2 is 2.00 bits per heavy atom. The first kappa shape index (κ1) is 17.7. The van der Waals surface area contributed by atoms with E-state index in [1.165, 1.54) is 13.2 Å². The third-order valence-electron chi connectivity index (χ3n) is 3.37. The van der Waals surface area contributed by atoms with Crippen LogP contribution in [0.25, 0.3) is 0 Å². The van der Waals surface area contributed by atoms with E-state index in [0.717, 1.165) is 5.56 Å². The Morgan fingerprint density at radius 1 is 1.38 bits per heavy atom. The summed E-state index contributed by atoms with van der Waals surface area (Å²) in [6, 6.07) is 3.00. The Balaban J connectivity index is 3.06. The van der Waals surface area contributed by atoms with Crippen LogP contribution in [0.3, 0.4) is 0 Å². The van der Waals surface area contributed by atoms with E-state index in [1.54, 1.807) is 13.0 Å². The average Bonchev–Trinajstić information content (AvgIpc) is 2.39. The van der Waals surface area contributed by atoms with Crippen molar-refractivity contribution < 1.29 is 18.3 Å². The molecule has 0 heterocycles. The molecule has 1 aromatic carbocycles. The summed E-state index contributed by atoms with van der Waals surface area (Å²) >= 11 is 0. The van der Waals surface area contributed by atoms with Crippen molar-refractivity contribution in [2.45, 2.75) is 32.1 Å². The molecule has 4 N–H and O–H groups in total. The van der Waals surface area contributed by atoms with Crippen molar-refractivity contribution in [1.29, 1.82) is 0 Å². The Morgan fingerprint density at radius 3 is 2.52 bits per heavy atom. The number of nitrogen functional groups attached to an aromatic ring is 1. The van der Waals surface area contributed by atoms with Crippen molar-refractivity contribution in [1.82, 2.24) is 4.72 Å². The molecule has 0 atom stereocenters. The summed E-state index contributed by atoms with van der Waals surface area (Å²) in [5.41, 5.74) is 6.60. The van der Waals surface area contributed by atoms with E-state index < -0.39 is 10.0 Å². The number of sulfonamides is 1. The van der Waals surface area contributed by atoms with Gasteiger partial charge in [-0.05, 0) is 36.5 Å². The second-order valence-electron chi connectivity index (χ2n) is 5.82. The van der Waals surface area contributed by atoms with E-state index in [9.17, 15) is 8.42 Å². The second-order valence-corrected chi connectivity index (χ2v) is 7.56. The van der Waals surface area contributed by atoms with E-state index in [1.807, 2.05) is 13.8 Å². The number of rotatable bonds is 7. The number of methoxy groups -OCH3 is 1. The predicted octanol–water partition coefficient (Wildman–Crippen LogP) is 1.27. The van der Waals surface area contributed by atoms with Crippen molar-refractivity contribution >= 4 is 15.7 Å². The standard InChI is InChI=1S/C14H24N2O4S/c1-10-7-12(20-4)13(8-11(10)15)21(18,19)16-9-14(2,3)5-6-17/h7-8,16-17H,5-6,9,15H2,1-4H3. The van der Waals surface area contributed by atoms with E-state index in [0.29, 0.717) is 12.1 Å². The molecule has 0 aliphatic heterocycles. The lowest BCUT2D eigenvalue weighted by atomic mass is 9.90. The number of aliphatic hydroxyl groups excluding tert-OH is 1. The van der Waals surface area contributed by atoms with Crippen LogP contribution in [0.1, 0.15) is 25.8 Å². The molecular weight excluding hydrogens is 292 g/mol. The van der Waals surface area contributed by atoms with E-state index in [2.05, 4.69) is 4.72 Å². The van der Waals surface area contributed by atoms with Crippen LogP contribution in [-0.4, -0.2) is 33.8 Å². The monoisotopic (exact) mass is 316 g/mol. The first-order valence-corrected chi connectivity index (χ1v) is 8.16. The van der Waals surface area contributed by atoms with Crippen LogP contribution in [-0.2, 0) is 10.0 Å². The molecule has 0 fully saturated rings. The van der Waals surface area contributed by atoms with Gasteiger partial charge in [0.25, 0.3) is 0 Å². The van der Waals surface area contributed by atoms with E-state index in [4.69, 9.17) is 15.6 Å². The van der Waals surface area contributed by atoms with Crippen LogP contribution in [0.2, 0.25) is 0 Å². The summed E-state index contributed by atoms with van der Waals surface area (Å²) in [7, 11) is -2.31. The quantitative estimate of drug-likeness (QED) is 0.658. The van der Waals surface area contributed by atoms with Gasteiger partial charge >= 0.3 is 0 Å². The molecule has 0 spiro atoms. The van der Waals surface area contributed by atoms with E-state index in [-0.39, 0.29) is 29.2 Å². The van der Waals surface area contributed by atoms with Crippen molar-refractivity contribution in [2.75, 3.05) is 26.0 Å². The summed E-state index contributed by atoms with van der Waals surface area (Å²) in [5, 5.41) is 8.98. The fourth-order valence-electron chi connectivity index (χ4n) is 1.81. The number of aliphatic hydroxyl groups is 1. The Hall–Kier alpha value is -1.31. The van der Waals surface area contributed by atoms with Crippen LogP contribution >= 0.6 is 0 Å². The van der Waals surface area contributed by atoms with E-state index >= 15 is 0 Å². The first-order valence-electron chi connectivity index (χ1n) is 6.67. The van der Waals surface area contributed by atoms with Gasteiger partial charge in [0.2, 0.25) is 10.0 Å². The lowest BCUT2D eigenvalue weighted by Gasteiger charge is -2.24. The molecule has 0 bridgehead atoms. The van der Waals surface area contributed by atoms with Crippen molar-refractivity contribution in [3.63, 3.8) is 0 Å². The second kappa shape index (κ2) is 6.64. The van der Waals surface area contributed by atoms with Gasteiger partial charge < -0.3 is 15.6 Å². The fraction of sp³-hybridized carbons (Fsp3) is 0.571. The molecule has 120 valence electrons. The van der Waals surface area contributed by atoms with Crippen molar-refractivity contribution in [3.05, 3.63) is 17.7 Å². The highest BCUT2D eigenvalue weighted by atomic mass is 32.2. The maximum absolute atomic E-state index is 12.4. The first-order chi connectivity index (χ1) is 9.63. The highest BCUT2D eigenvalue weighted by Crippen LogP contribution is 2.29. The largest absolute Gasteiger partial charge is 0.495 e. The maximum atomic E-state index is 12.4. The minimum Gasteiger partial charge on any atom is -0.495 e. The fourth-order valence-corrected chi connectivity index (χ4v) is 3.23. The van der Waals surface area contributed by atoms with Gasteiger partial charge in [0, 0.05) is 18.8 Å². The van der Waals surface area contributed by atoms with Crippen LogP contribution in [0.5, 0.6) is 5.75 Å². The van der Waals surface area contributed by atoms with Gasteiger partial charge in [-0.3, -0.25) is 0 Å². The predicted molar refractivity (Wildman–Crippen MR) is 82.8 cm³/mol. The minimum atomic E-state index is -3.73. The lowest BCUT2D eigenvalue weighted by Crippen LogP contribution is -2.34. The van der Waals surface area contributed by atoms with Gasteiger partial charge in [-0.1, -0.05) is 13.8 Å². The number of hydrogen-bond acceptors (Lipinski definition) is 5. The summed E-state index contributed by atoms with van der Waals surface area (Å²) in [6.45, 7) is 5.77. The molecule has 0 amide bonds. The topological polar surface area (TPSA) is 102 Å². The molecule has 1 aromatic rings. The molecule has 0 aromatic heterocycles. The van der Waals surface area contributed by atoms with Gasteiger partial charge in [-0.15, -0.1) is 0 Å². The number of hydrogen-bond donors (Lipinski definition) is 3. The van der Waals surface area contributed by atoms with Gasteiger partial charge in [-0.25, -0.2) is 13.1 Å². The lowest BCUT2D eigenvalue weighted by molar-refractivity contribution is 0.213. The molecule has 0 aliphatic carbocycles. The van der Waals surface area contributed by atoms with Crippen molar-refractivity contribution in [3.8, 4) is 5.75 Å². The normalized spacial score (nSPS) is 12.4. The number of ether oxygens (including phenoxy) is 1. The van der Waals surface area contributed by atoms with Crippen LogP contribution in [0, 0.1) is 12.3 Å². The van der Waals surface area contributed by atoms with Crippen LogP contribution < -0.4 is 15.2 Å². The van der Waals surface area contributed by atoms with Gasteiger partial charge in [0.1, 0.15) is 10.6 Å². The Bertz CT molecular complexity index is 597. The zero-order valence-corrected chi connectivity index (χ0v) is 13.8. The van der Waals surface area contributed by atoms with Gasteiger partial charge in [0.05, 0.1) is 7.11 Å². The highest BCUT2D eigenvalue weighted by molar-refractivity contribution is 7.89. The number of nitrogens with two attached hydrogens (primary N) is 1. The number of anilines is 1. The molecule has 21 heavy (non-hydrogen) atoms. The highest BCUT2D eigenvalue weighted by Gasteiger charge is 2.25. The van der Waals surface area contributed by atoms with Crippen molar-refractivity contribution in [2.24, 2.45) is 5.41 Å². The zero-order valence-electron chi connectivity index (χ0n) is 12.9. The summed E-state index contributed by atoms with van der Waals surface area (Å²) in [6.07, 6.45) is 0.503. The SMILES string of the molecule is COc1cc(C)c(N)cc1S(=O)(=O)NCC(C)(C)CCO.